The number of hydrogen-bond donors (Lipinski definition) is 0. The number of amides is 1. The van der Waals surface area contributed by atoms with E-state index in [-0.39, 0.29) is 5.91 Å². The van der Waals surface area contributed by atoms with Gasteiger partial charge in [-0.1, -0.05) is 54.6 Å². The van der Waals surface area contributed by atoms with Crippen molar-refractivity contribution in [2.45, 2.75) is 6.10 Å². The molecule has 0 saturated heterocycles. The lowest BCUT2D eigenvalue weighted by Gasteiger charge is -2.25. The van der Waals surface area contributed by atoms with Crippen LogP contribution in [-0.4, -0.2) is 20.1 Å². The van der Waals surface area contributed by atoms with Crippen LogP contribution in [0.25, 0.3) is 10.8 Å². The lowest BCUT2D eigenvalue weighted by molar-refractivity contribution is -0.128. The van der Waals surface area contributed by atoms with Crippen molar-refractivity contribution in [3.8, 4) is 0 Å². The standard InChI is InChI=1S/C20H18BrNO2/c1-22(18-13-6-5-12-17(18)21)20(23)19(24-2)16-11-7-9-14-8-3-4-10-15(14)16/h3-13,19H,1-2H3. The molecule has 24 heavy (non-hydrogen) atoms. The first kappa shape index (κ1) is 16.7. The highest BCUT2D eigenvalue weighted by Crippen LogP contribution is 2.31. The molecule has 3 nitrogen and oxygen atoms in total. The van der Waals surface area contributed by atoms with E-state index in [0.29, 0.717) is 0 Å². The van der Waals surface area contributed by atoms with Gasteiger partial charge in [-0.15, -0.1) is 0 Å². The van der Waals surface area contributed by atoms with Crippen LogP contribution in [0.1, 0.15) is 11.7 Å². The fourth-order valence-corrected chi connectivity index (χ4v) is 3.41. The minimum atomic E-state index is -0.659. The number of halogens is 1. The number of nitrogens with zero attached hydrogens (tertiary/aromatic N) is 1. The molecule has 0 aliphatic heterocycles. The number of hydrogen-bond acceptors (Lipinski definition) is 2. The van der Waals surface area contributed by atoms with Crippen LogP contribution in [0.15, 0.2) is 71.2 Å². The summed E-state index contributed by atoms with van der Waals surface area (Å²) in [6.45, 7) is 0. The molecule has 0 aliphatic rings. The van der Waals surface area contributed by atoms with Gasteiger partial charge in [-0.25, -0.2) is 0 Å². The number of likely N-dealkylation sites (N-methyl/N-ethyl adjacent to an activating group) is 1. The van der Waals surface area contributed by atoms with Crippen LogP contribution in [0.4, 0.5) is 5.69 Å². The Bertz CT molecular complexity index is 873. The molecule has 3 rings (SSSR count). The smallest absolute Gasteiger partial charge is 0.260 e. The largest absolute Gasteiger partial charge is 0.367 e. The van der Waals surface area contributed by atoms with Crippen molar-refractivity contribution >= 4 is 38.3 Å². The molecular formula is C20H18BrNO2. The van der Waals surface area contributed by atoms with Gasteiger partial charge in [0, 0.05) is 18.6 Å². The highest BCUT2D eigenvalue weighted by molar-refractivity contribution is 9.10. The summed E-state index contributed by atoms with van der Waals surface area (Å²) < 4.78 is 6.45. The molecule has 122 valence electrons. The van der Waals surface area contributed by atoms with Crippen LogP contribution < -0.4 is 4.90 Å². The number of benzene rings is 3. The van der Waals surface area contributed by atoms with Crippen LogP contribution in [0.5, 0.6) is 0 Å². The lowest BCUT2D eigenvalue weighted by atomic mass is 9.99. The number of fused-ring (bicyclic) bond motifs is 1. The summed E-state index contributed by atoms with van der Waals surface area (Å²) >= 11 is 3.50. The predicted molar refractivity (Wildman–Crippen MR) is 101 cm³/mol. The second kappa shape index (κ2) is 7.16. The zero-order valence-corrected chi connectivity index (χ0v) is 15.2. The third-order valence-electron chi connectivity index (χ3n) is 4.11. The van der Waals surface area contributed by atoms with Gasteiger partial charge in [-0.3, -0.25) is 4.79 Å². The monoisotopic (exact) mass is 383 g/mol. The average molecular weight is 384 g/mol. The highest BCUT2D eigenvalue weighted by atomic mass is 79.9. The van der Waals surface area contributed by atoms with Gasteiger partial charge in [0.15, 0.2) is 6.10 Å². The first-order chi connectivity index (χ1) is 11.6. The van der Waals surface area contributed by atoms with Crippen molar-refractivity contribution in [2.75, 3.05) is 19.1 Å². The first-order valence-corrected chi connectivity index (χ1v) is 8.45. The van der Waals surface area contributed by atoms with Gasteiger partial charge in [0.2, 0.25) is 0 Å². The molecule has 0 fully saturated rings. The molecule has 1 amide bonds. The maximum Gasteiger partial charge on any atom is 0.260 e. The summed E-state index contributed by atoms with van der Waals surface area (Å²) in [5.74, 6) is -0.110. The third-order valence-corrected chi connectivity index (χ3v) is 4.78. The highest BCUT2D eigenvalue weighted by Gasteiger charge is 2.26. The number of para-hydroxylation sites is 1. The van der Waals surface area contributed by atoms with E-state index in [1.54, 1.807) is 19.1 Å². The number of anilines is 1. The molecule has 0 heterocycles. The molecule has 1 atom stereocenters. The third kappa shape index (κ3) is 3.07. The molecule has 3 aromatic carbocycles. The van der Waals surface area contributed by atoms with Crippen LogP contribution in [-0.2, 0) is 9.53 Å². The van der Waals surface area contributed by atoms with Gasteiger partial charge < -0.3 is 9.64 Å². The van der Waals surface area contributed by atoms with Crippen LogP contribution in [0.2, 0.25) is 0 Å². The lowest BCUT2D eigenvalue weighted by Crippen LogP contribution is -2.32. The van der Waals surface area contributed by atoms with Crippen molar-refractivity contribution in [3.05, 3.63) is 76.8 Å². The SMILES string of the molecule is COC(C(=O)N(C)c1ccccc1Br)c1cccc2ccccc12. The van der Waals surface area contributed by atoms with Gasteiger partial charge in [0.25, 0.3) is 5.91 Å². The number of carbonyl (C=O) groups excluding carboxylic acids is 1. The zero-order valence-electron chi connectivity index (χ0n) is 13.6. The maximum absolute atomic E-state index is 13.1. The van der Waals surface area contributed by atoms with Gasteiger partial charge >= 0.3 is 0 Å². The Morgan fingerprint density at radius 3 is 2.42 bits per heavy atom. The Balaban J connectivity index is 2.02. The van der Waals surface area contributed by atoms with E-state index >= 15 is 0 Å². The quantitative estimate of drug-likeness (QED) is 0.637. The van der Waals surface area contributed by atoms with Gasteiger partial charge in [0.1, 0.15) is 0 Å². The van der Waals surface area contributed by atoms with Crippen molar-refractivity contribution in [1.29, 1.82) is 0 Å². The van der Waals surface area contributed by atoms with Gasteiger partial charge in [-0.2, -0.15) is 0 Å². The molecular weight excluding hydrogens is 366 g/mol. The Morgan fingerprint density at radius 2 is 1.67 bits per heavy atom. The van der Waals surface area contributed by atoms with E-state index in [4.69, 9.17) is 4.74 Å². The van der Waals surface area contributed by atoms with Crippen molar-refractivity contribution in [1.82, 2.24) is 0 Å². The summed E-state index contributed by atoms with van der Waals surface area (Å²) in [4.78, 5) is 14.7. The number of rotatable bonds is 4. The maximum atomic E-state index is 13.1. The van der Waals surface area contributed by atoms with Crippen molar-refractivity contribution in [2.24, 2.45) is 0 Å². The van der Waals surface area contributed by atoms with Gasteiger partial charge in [-0.05, 0) is 44.4 Å². The van der Waals surface area contributed by atoms with E-state index in [2.05, 4.69) is 15.9 Å². The minimum Gasteiger partial charge on any atom is -0.367 e. The fourth-order valence-electron chi connectivity index (χ4n) is 2.86. The Hall–Kier alpha value is -2.17. The number of methoxy groups -OCH3 is 1. The topological polar surface area (TPSA) is 29.5 Å². The molecule has 0 spiro atoms. The molecule has 4 heteroatoms. The van der Waals surface area contributed by atoms with E-state index in [1.165, 1.54) is 0 Å². The molecule has 1 unspecified atom stereocenters. The van der Waals surface area contributed by atoms with Crippen LogP contribution >= 0.6 is 15.9 Å². The molecule has 0 aliphatic carbocycles. The molecule has 0 aromatic heterocycles. The second-order valence-electron chi connectivity index (χ2n) is 5.53. The van der Waals surface area contributed by atoms with E-state index in [1.807, 2.05) is 66.7 Å². The normalized spacial score (nSPS) is 12.1. The molecule has 0 bridgehead atoms. The summed E-state index contributed by atoms with van der Waals surface area (Å²) in [5, 5.41) is 2.12. The van der Waals surface area contributed by atoms with E-state index in [0.717, 1.165) is 26.5 Å². The molecule has 0 saturated carbocycles. The van der Waals surface area contributed by atoms with Crippen LogP contribution in [0.3, 0.4) is 0 Å². The number of carbonyl (C=O) groups is 1. The second-order valence-corrected chi connectivity index (χ2v) is 6.39. The summed E-state index contributed by atoms with van der Waals surface area (Å²) in [6.07, 6.45) is -0.659. The summed E-state index contributed by atoms with van der Waals surface area (Å²) in [5.41, 5.74) is 1.68. The summed E-state index contributed by atoms with van der Waals surface area (Å²) in [6, 6.07) is 21.6. The Labute approximate surface area is 150 Å². The molecule has 0 radical (unpaired) electrons. The van der Waals surface area contributed by atoms with Crippen molar-refractivity contribution < 1.29 is 9.53 Å². The first-order valence-electron chi connectivity index (χ1n) is 7.66. The van der Waals surface area contributed by atoms with E-state index in [9.17, 15) is 4.79 Å². The molecule has 3 aromatic rings. The van der Waals surface area contributed by atoms with Crippen molar-refractivity contribution in [3.63, 3.8) is 0 Å². The van der Waals surface area contributed by atoms with E-state index < -0.39 is 6.10 Å². The Kier molecular flexibility index (Phi) is 4.97. The Morgan fingerprint density at radius 1 is 1.00 bits per heavy atom. The van der Waals surface area contributed by atoms with Gasteiger partial charge in [0.05, 0.1) is 5.69 Å². The average Bonchev–Trinajstić information content (AvgIpc) is 2.62. The minimum absolute atomic E-state index is 0.110. The zero-order chi connectivity index (χ0) is 17.1. The fraction of sp³-hybridized carbons (Fsp3) is 0.150. The molecule has 0 N–H and O–H groups in total. The predicted octanol–water partition coefficient (Wildman–Crippen LogP) is 4.95. The van der Waals surface area contributed by atoms with Crippen LogP contribution in [0, 0.1) is 0 Å². The number of ether oxygens (including phenoxy) is 1. The summed E-state index contributed by atoms with van der Waals surface area (Å²) in [7, 11) is 3.33.